The normalized spacial score (nSPS) is 15.5. The first-order chi connectivity index (χ1) is 15.2. The average molecular weight is 513 g/mol. The number of nitrogens with one attached hydrogen (secondary N) is 1. The minimum atomic E-state index is -0.777. The largest absolute Gasteiger partial charge is 0.335 e. The first-order valence-electron chi connectivity index (χ1n) is 9.80. The van der Waals surface area contributed by atoms with E-state index in [1.54, 1.807) is 24.3 Å². The molecule has 0 atom stereocenters. The van der Waals surface area contributed by atoms with Crippen molar-refractivity contribution >= 4 is 57.1 Å². The van der Waals surface area contributed by atoms with E-state index in [0.29, 0.717) is 16.3 Å². The van der Waals surface area contributed by atoms with Crippen molar-refractivity contribution in [2.45, 2.75) is 20.8 Å². The summed E-state index contributed by atoms with van der Waals surface area (Å²) in [6.07, 6.45) is 1.51. The topological polar surface area (TPSA) is 71.4 Å². The molecule has 162 valence electrons. The molecular weight excluding hydrogens is 494 g/mol. The summed E-state index contributed by atoms with van der Waals surface area (Å²) < 4.78 is 2.81. The molecule has 1 fully saturated rings. The van der Waals surface area contributed by atoms with Gasteiger partial charge in [-0.2, -0.15) is 0 Å². The van der Waals surface area contributed by atoms with Crippen LogP contribution < -0.4 is 10.2 Å². The number of carbonyl (C=O) groups is 3. The molecule has 6 nitrogen and oxygen atoms in total. The van der Waals surface area contributed by atoms with E-state index in [9.17, 15) is 14.4 Å². The third-order valence-corrected chi connectivity index (χ3v) is 6.57. The third kappa shape index (κ3) is 3.78. The number of aryl methyl sites for hydroxylation is 2. The van der Waals surface area contributed by atoms with E-state index in [4.69, 9.17) is 11.6 Å². The van der Waals surface area contributed by atoms with E-state index >= 15 is 0 Å². The molecule has 1 aliphatic heterocycles. The number of nitrogens with zero attached hydrogens (tertiary/aromatic N) is 2. The van der Waals surface area contributed by atoms with Crippen molar-refractivity contribution in [2.24, 2.45) is 0 Å². The molecule has 0 radical (unpaired) electrons. The van der Waals surface area contributed by atoms with Crippen molar-refractivity contribution < 1.29 is 14.4 Å². The highest BCUT2D eigenvalue weighted by molar-refractivity contribution is 9.10. The minimum Gasteiger partial charge on any atom is -0.316 e. The standard InChI is InChI=1S/C24H19BrClN3O3/c1-13-10-17(8-9-19(13)25)29-23(31)18(22(30)27-24(29)32)12-16-11-14(2)28(15(16)3)21-7-5-4-6-20(21)26/h4-12H,1-3H3,(H,27,30,32)/b18-12+. The lowest BCUT2D eigenvalue weighted by Gasteiger charge is -2.26. The summed E-state index contributed by atoms with van der Waals surface area (Å²) in [6.45, 7) is 5.65. The third-order valence-electron chi connectivity index (χ3n) is 5.36. The number of amides is 4. The monoisotopic (exact) mass is 511 g/mol. The number of imide groups is 2. The Kier molecular flexibility index (Phi) is 5.79. The van der Waals surface area contributed by atoms with E-state index in [1.165, 1.54) is 6.08 Å². The number of carbonyl (C=O) groups excluding carboxylic acids is 3. The predicted octanol–water partition coefficient (Wildman–Crippen LogP) is 5.48. The molecule has 0 unspecified atom stereocenters. The summed E-state index contributed by atoms with van der Waals surface area (Å²) in [4.78, 5) is 39.2. The van der Waals surface area contributed by atoms with E-state index < -0.39 is 17.8 Å². The van der Waals surface area contributed by atoms with Crippen LogP contribution in [0.15, 0.2) is 58.6 Å². The zero-order valence-electron chi connectivity index (χ0n) is 17.6. The van der Waals surface area contributed by atoms with E-state index in [2.05, 4.69) is 21.2 Å². The number of hydrogen-bond acceptors (Lipinski definition) is 3. The van der Waals surface area contributed by atoms with E-state index in [-0.39, 0.29) is 5.57 Å². The van der Waals surface area contributed by atoms with Crippen molar-refractivity contribution in [3.8, 4) is 5.69 Å². The molecule has 0 spiro atoms. The van der Waals surface area contributed by atoms with Crippen molar-refractivity contribution in [1.29, 1.82) is 0 Å². The summed E-state index contributed by atoms with van der Waals surface area (Å²) in [6, 6.07) is 13.6. The maximum Gasteiger partial charge on any atom is 0.335 e. The Hall–Kier alpha value is -3.16. The molecule has 1 aromatic heterocycles. The van der Waals surface area contributed by atoms with Crippen LogP contribution >= 0.6 is 27.5 Å². The molecule has 3 aromatic rings. The molecule has 32 heavy (non-hydrogen) atoms. The highest BCUT2D eigenvalue weighted by atomic mass is 79.9. The van der Waals surface area contributed by atoms with Gasteiger partial charge in [0.15, 0.2) is 0 Å². The van der Waals surface area contributed by atoms with Crippen LogP contribution in [-0.2, 0) is 9.59 Å². The van der Waals surface area contributed by atoms with Crippen LogP contribution in [0.1, 0.15) is 22.5 Å². The van der Waals surface area contributed by atoms with E-state index in [0.717, 1.165) is 32.0 Å². The van der Waals surface area contributed by atoms with Crippen LogP contribution in [0.5, 0.6) is 0 Å². The number of rotatable bonds is 3. The molecule has 1 saturated heterocycles. The first kappa shape index (κ1) is 22.0. The van der Waals surface area contributed by atoms with Gasteiger partial charge >= 0.3 is 6.03 Å². The Morgan fingerprint density at radius 2 is 1.72 bits per heavy atom. The summed E-state index contributed by atoms with van der Waals surface area (Å²) in [5.41, 5.74) is 4.30. The molecular formula is C24H19BrClN3O3. The smallest absolute Gasteiger partial charge is 0.316 e. The Balaban J connectivity index is 1.78. The van der Waals surface area contributed by atoms with Crippen LogP contribution in [0.4, 0.5) is 10.5 Å². The van der Waals surface area contributed by atoms with Crippen molar-refractivity contribution in [3.05, 3.63) is 86.1 Å². The SMILES string of the molecule is Cc1cc(N2C(=O)NC(=O)/C(=C\c3cc(C)n(-c4ccccc4Cl)c3C)C2=O)ccc1Br. The Morgan fingerprint density at radius 1 is 1.00 bits per heavy atom. The molecule has 1 aliphatic rings. The second-order valence-electron chi connectivity index (χ2n) is 7.50. The summed E-state index contributed by atoms with van der Waals surface area (Å²) >= 11 is 9.78. The zero-order valence-corrected chi connectivity index (χ0v) is 19.9. The predicted molar refractivity (Wildman–Crippen MR) is 128 cm³/mol. The van der Waals surface area contributed by atoms with Crippen LogP contribution in [0.2, 0.25) is 5.02 Å². The van der Waals surface area contributed by atoms with Crippen molar-refractivity contribution in [1.82, 2.24) is 9.88 Å². The Labute approximate surface area is 198 Å². The number of benzene rings is 2. The summed E-state index contributed by atoms with van der Waals surface area (Å²) in [5.74, 6) is -1.41. The summed E-state index contributed by atoms with van der Waals surface area (Å²) in [5, 5.41) is 2.85. The second kappa shape index (κ2) is 8.41. The lowest BCUT2D eigenvalue weighted by molar-refractivity contribution is -0.122. The fourth-order valence-electron chi connectivity index (χ4n) is 3.75. The molecule has 0 saturated carbocycles. The molecule has 1 N–H and O–H groups in total. The number of urea groups is 1. The number of barbiturate groups is 1. The van der Waals surface area contributed by atoms with Crippen LogP contribution in [0.25, 0.3) is 11.8 Å². The molecule has 4 amide bonds. The summed E-state index contributed by atoms with van der Waals surface area (Å²) in [7, 11) is 0. The van der Waals surface area contributed by atoms with Gasteiger partial charge in [-0.15, -0.1) is 0 Å². The van der Waals surface area contributed by atoms with Gasteiger partial charge in [-0.05, 0) is 74.4 Å². The lowest BCUT2D eigenvalue weighted by atomic mass is 10.1. The minimum absolute atomic E-state index is 0.121. The zero-order chi connectivity index (χ0) is 23.2. The molecule has 0 bridgehead atoms. The number of halogens is 2. The van der Waals surface area contributed by atoms with Gasteiger partial charge in [-0.25, -0.2) is 9.69 Å². The van der Waals surface area contributed by atoms with Crippen molar-refractivity contribution in [3.63, 3.8) is 0 Å². The van der Waals surface area contributed by atoms with Gasteiger partial charge in [0.05, 0.1) is 16.4 Å². The molecule has 8 heteroatoms. The quantitative estimate of drug-likeness (QED) is 0.373. The highest BCUT2D eigenvalue weighted by Crippen LogP contribution is 2.29. The maximum absolute atomic E-state index is 13.2. The van der Waals surface area contributed by atoms with Gasteiger partial charge < -0.3 is 4.57 Å². The van der Waals surface area contributed by atoms with Gasteiger partial charge in [0.2, 0.25) is 0 Å². The van der Waals surface area contributed by atoms with Gasteiger partial charge in [0.25, 0.3) is 11.8 Å². The number of hydrogen-bond donors (Lipinski definition) is 1. The Bertz CT molecular complexity index is 1330. The maximum atomic E-state index is 13.2. The van der Waals surface area contributed by atoms with Gasteiger partial charge in [0.1, 0.15) is 5.57 Å². The number of aromatic nitrogens is 1. The second-order valence-corrected chi connectivity index (χ2v) is 8.77. The van der Waals surface area contributed by atoms with Gasteiger partial charge in [-0.3, -0.25) is 14.9 Å². The lowest BCUT2D eigenvalue weighted by Crippen LogP contribution is -2.54. The molecule has 2 heterocycles. The average Bonchev–Trinajstić information content (AvgIpc) is 3.01. The van der Waals surface area contributed by atoms with Crippen LogP contribution in [-0.4, -0.2) is 22.4 Å². The highest BCUT2D eigenvalue weighted by Gasteiger charge is 2.37. The molecule has 4 rings (SSSR count). The molecule has 0 aliphatic carbocycles. The first-order valence-corrected chi connectivity index (χ1v) is 11.0. The van der Waals surface area contributed by atoms with E-state index in [1.807, 2.05) is 49.6 Å². The Morgan fingerprint density at radius 3 is 2.41 bits per heavy atom. The van der Waals surface area contributed by atoms with Crippen LogP contribution in [0, 0.1) is 20.8 Å². The molecule has 2 aromatic carbocycles. The van der Waals surface area contributed by atoms with Crippen LogP contribution in [0.3, 0.4) is 0 Å². The number of para-hydroxylation sites is 1. The van der Waals surface area contributed by atoms with Gasteiger partial charge in [-0.1, -0.05) is 39.7 Å². The fraction of sp³-hybridized carbons (Fsp3) is 0.125. The fourth-order valence-corrected chi connectivity index (χ4v) is 4.22. The van der Waals surface area contributed by atoms with Gasteiger partial charge in [0, 0.05) is 15.9 Å². The van der Waals surface area contributed by atoms with Crippen molar-refractivity contribution in [2.75, 3.05) is 4.90 Å². The number of anilines is 1.